The van der Waals surface area contributed by atoms with Crippen LogP contribution in [0, 0.1) is 6.92 Å². The van der Waals surface area contributed by atoms with Crippen molar-refractivity contribution in [3.63, 3.8) is 0 Å². The van der Waals surface area contributed by atoms with Gasteiger partial charge in [-0.05, 0) is 41.7 Å². The van der Waals surface area contributed by atoms with Gasteiger partial charge in [-0.25, -0.2) is 9.97 Å². The van der Waals surface area contributed by atoms with E-state index in [-0.39, 0.29) is 23.6 Å². The molecule has 0 unspecified atom stereocenters. The fraction of sp³-hybridized carbons (Fsp3) is 0.154. The summed E-state index contributed by atoms with van der Waals surface area (Å²) >= 11 is 0. The lowest BCUT2D eigenvalue weighted by Crippen LogP contribution is -2.22. The van der Waals surface area contributed by atoms with Crippen LogP contribution in [0.1, 0.15) is 49.9 Å². The molecule has 31 heavy (non-hydrogen) atoms. The van der Waals surface area contributed by atoms with Gasteiger partial charge in [0.1, 0.15) is 0 Å². The molecule has 0 bridgehead atoms. The van der Waals surface area contributed by atoms with Gasteiger partial charge in [-0.1, -0.05) is 66.2 Å². The second-order valence-electron chi connectivity index (χ2n) is 7.97. The van der Waals surface area contributed by atoms with E-state index in [4.69, 9.17) is 0 Å². The summed E-state index contributed by atoms with van der Waals surface area (Å²) in [5, 5.41) is 4.67. The molecule has 0 aliphatic heterocycles. The maximum absolute atomic E-state index is 12.9. The highest BCUT2D eigenvalue weighted by Crippen LogP contribution is 2.32. The molecule has 1 aromatic heterocycles. The van der Waals surface area contributed by atoms with Crippen LogP contribution in [-0.2, 0) is 6.42 Å². The first-order chi connectivity index (χ1) is 15.1. The van der Waals surface area contributed by atoms with Crippen molar-refractivity contribution in [2.24, 2.45) is 0 Å². The second-order valence-corrected chi connectivity index (χ2v) is 7.97. The molecule has 1 amide bonds. The minimum absolute atomic E-state index is 0.0405. The smallest absolute Gasteiger partial charge is 0.258 e. The van der Waals surface area contributed by atoms with E-state index in [9.17, 15) is 9.59 Å². The highest BCUT2D eigenvalue weighted by molar-refractivity contribution is 6.12. The molecule has 5 heteroatoms. The van der Waals surface area contributed by atoms with Crippen LogP contribution >= 0.6 is 0 Å². The molecule has 152 valence electrons. The number of carbonyl (C=O) groups is 2. The number of aromatic nitrogens is 2. The molecular formula is C26H21N3O2. The SMILES string of the molecule is Cc1ccc([C@@H]2CC(=O)c3cnc(NC(=O)c4cccc5ccccc45)nc3C2)cc1. The third-order valence-electron chi connectivity index (χ3n) is 5.85. The molecule has 1 atom stereocenters. The molecule has 0 saturated heterocycles. The third kappa shape index (κ3) is 3.70. The molecule has 3 aromatic carbocycles. The summed E-state index contributed by atoms with van der Waals surface area (Å²) in [5.74, 6) is 0.0684. The summed E-state index contributed by atoms with van der Waals surface area (Å²) in [4.78, 5) is 34.4. The molecule has 0 spiro atoms. The number of fused-ring (bicyclic) bond motifs is 2. The molecule has 5 nitrogen and oxygen atoms in total. The van der Waals surface area contributed by atoms with Gasteiger partial charge in [0.05, 0.1) is 11.3 Å². The predicted molar refractivity (Wildman–Crippen MR) is 121 cm³/mol. The number of Topliss-reactive ketones (excluding diaryl/α,β-unsaturated/α-hetero) is 1. The van der Waals surface area contributed by atoms with E-state index in [2.05, 4.69) is 39.6 Å². The normalized spacial score (nSPS) is 15.5. The van der Waals surface area contributed by atoms with E-state index < -0.39 is 0 Å². The van der Waals surface area contributed by atoms with Gasteiger partial charge in [0.15, 0.2) is 5.78 Å². The maximum atomic E-state index is 12.9. The van der Waals surface area contributed by atoms with E-state index in [0.717, 1.165) is 16.3 Å². The Hall–Kier alpha value is -3.86. The molecule has 5 rings (SSSR count). The number of nitrogens with one attached hydrogen (secondary N) is 1. The largest absolute Gasteiger partial charge is 0.294 e. The molecule has 0 fully saturated rings. The number of ketones is 1. The summed E-state index contributed by atoms with van der Waals surface area (Å²) in [6.45, 7) is 2.04. The van der Waals surface area contributed by atoms with Crippen molar-refractivity contribution in [2.75, 3.05) is 5.32 Å². The van der Waals surface area contributed by atoms with Gasteiger partial charge in [-0.2, -0.15) is 0 Å². The molecular weight excluding hydrogens is 386 g/mol. The maximum Gasteiger partial charge on any atom is 0.258 e. The van der Waals surface area contributed by atoms with E-state index in [1.54, 1.807) is 6.07 Å². The van der Waals surface area contributed by atoms with Crippen LogP contribution in [0.3, 0.4) is 0 Å². The minimum Gasteiger partial charge on any atom is -0.294 e. The molecule has 0 saturated carbocycles. The Morgan fingerprint density at radius 3 is 2.58 bits per heavy atom. The van der Waals surface area contributed by atoms with Gasteiger partial charge >= 0.3 is 0 Å². The zero-order valence-electron chi connectivity index (χ0n) is 17.1. The molecule has 1 aliphatic carbocycles. The van der Waals surface area contributed by atoms with Crippen LogP contribution in [0.4, 0.5) is 5.95 Å². The number of anilines is 1. The van der Waals surface area contributed by atoms with Crippen LogP contribution in [0.25, 0.3) is 10.8 Å². The topological polar surface area (TPSA) is 72.0 Å². The predicted octanol–water partition coefficient (Wildman–Crippen LogP) is 5.10. The fourth-order valence-corrected chi connectivity index (χ4v) is 4.17. The van der Waals surface area contributed by atoms with Gasteiger partial charge in [-0.15, -0.1) is 0 Å². The number of aryl methyl sites for hydroxylation is 1. The minimum atomic E-state index is -0.269. The van der Waals surface area contributed by atoms with E-state index in [1.165, 1.54) is 11.8 Å². The van der Waals surface area contributed by atoms with Crippen LogP contribution in [0.5, 0.6) is 0 Å². The number of hydrogen-bond acceptors (Lipinski definition) is 4. The highest BCUT2D eigenvalue weighted by Gasteiger charge is 2.28. The number of nitrogens with zero attached hydrogens (tertiary/aromatic N) is 2. The Labute approximate surface area is 180 Å². The van der Waals surface area contributed by atoms with Gasteiger partial charge in [0.2, 0.25) is 5.95 Å². The monoisotopic (exact) mass is 407 g/mol. The second kappa shape index (κ2) is 7.76. The van der Waals surface area contributed by atoms with Crippen molar-refractivity contribution in [1.29, 1.82) is 0 Å². The first kappa shape index (κ1) is 19.1. The fourth-order valence-electron chi connectivity index (χ4n) is 4.17. The molecule has 1 N–H and O–H groups in total. The zero-order valence-corrected chi connectivity index (χ0v) is 17.1. The quantitative estimate of drug-likeness (QED) is 0.513. The van der Waals surface area contributed by atoms with Gasteiger partial charge in [-0.3, -0.25) is 14.9 Å². The van der Waals surface area contributed by atoms with Crippen molar-refractivity contribution in [2.45, 2.75) is 25.7 Å². The van der Waals surface area contributed by atoms with Crippen molar-refractivity contribution in [3.05, 3.63) is 101 Å². The highest BCUT2D eigenvalue weighted by atomic mass is 16.1. The lowest BCUT2D eigenvalue weighted by Gasteiger charge is -2.23. The Morgan fingerprint density at radius 2 is 1.74 bits per heavy atom. The Kier molecular flexibility index (Phi) is 4.79. The average Bonchev–Trinajstić information content (AvgIpc) is 2.79. The average molecular weight is 407 g/mol. The summed E-state index contributed by atoms with van der Waals surface area (Å²) in [7, 11) is 0. The number of hydrogen-bond donors (Lipinski definition) is 1. The molecule has 0 radical (unpaired) electrons. The van der Waals surface area contributed by atoms with Gasteiger partial charge in [0, 0.05) is 18.2 Å². The van der Waals surface area contributed by atoms with Gasteiger partial charge < -0.3 is 0 Å². The molecule has 1 aliphatic rings. The first-order valence-corrected chi connectivity index (χ1v) is 10.3. The van der Waals surface area contributed by atoms with Crippen molar-refractivity contribution < 1.29 is 9.59 Å². The number of carbonyl (C=O) groups excluding carboxylic acids is 2. The summed E-state index contributed by atoms with van der Waals surface area (Å²) in [6, 6.07) is 21.6. The standard InChI is InChI=1S/C26H21N3O2/c1-16-9-11-17(12-10-16)19-13-23-22(24(30)14-19)15-27-26(28-23)29-25(31)21-8-4-6-18-5-2-3-7-20(18)21/h2-12,15,19H,13-14H2,1H3,(H,27,28,29,31)/t19-/m0/s1. The Balaban J connectivity index is 1.42. The van der Waals surface area contributed by atoms with Gasteiger partial charge in [0.25, 0.3) is 5.91 Å². The summed E-state index contributed by atoms with van der Waals surface area (Å²) in [6.07, 6.45) is 2.62. The summed E-state index contributed by atoms with van der Waals surface area (Å²) in [5.41, 5.74) is 4.11. The molecule has 1 heterocycles. The van der Waals surface area contributed by atoms with Crippen molar-refractivity contribution >= 4 is 28.4 Å². The van der Waals surface area contributed by atoms with E-state index in [0.29, 0.717) is 29.7 Å². The number of rotatable bonds is 3. The Bertz CT molecular complexity index is 1310. The molecule has 4 aromatic rings. The lowest BCUT2D eigenvalue weighted by molar-refractivity contribution is 0.0962. The lowest BCUT2D eigenvalue weighted by atomic mass is 9.82. The summed E-state index contributed by atoms with van der Waals surface area (Å²) < 4.78 is 0. The van der Waals surface area contributed by atoms with E-state index in [1.807, 2.05) is 43.3 Å². The van der Waals surface area contributed by atoms with E-state index >= 15 is 0 Å². The third-order valence-corrected chi connectivity index (χ3v) is 5.85. The van der Waals surface area contributed by atoms with Crippen LogP contribution in [0.2, 0.25) is 0 Å². The number of amides is 1. The van der Waals surface area contributed by atoms with Crippen molar-refractivity contribution in [1.82, 2.24) is 9.97 Å². The van der Waals surface area contributed by atoms with Crippen LogP contribution in [0.15, 0.2) is 72.9 Å². The van der Waals surface area contributed by atoms with Crippen molar-refractivity contribution in [3.8, 4) is 0 Å². The Morgan fingerprint density at radius 1 is 0.968 bits per heavy atom. The van der Waals surface area contributed by atoms with Crippen LogP contribution in [-0.4, -0.2) is 21.7 Å². The van der Waals surface area contributed by atoms with Crippen LogP contribution < -0.4 is 5.32 Å². The first-order valence-electron chi connectivity index (χ1n) is 10.3. The number of benzene rings is 3. The zero-order chi connectivity index (χ0) is 21.4.